The minimum absolute atomic E-state index is 0.194. The number of carbonyl (C=O) groups excluding carboxylic acids is 1. The third-order valence-electron chi connectivity index (χ3n) is 3.62. The van der Waals surface area contributed by atoms with Gasteiger partial charge in [-0.25, -0.2) is 4.39 Å². The maximum absolute atomic E-state index is 12.8. The second-order valence-electron chi connectivity index (χ2n) is 5.12. The lowest BCUT2D eigenvalue weighted by Gasteiger charge is -2.18. The number of nitrogens with one attached hydrogen (secondary N) is 1. The van der Waals surface area contributed by atoms with Crippen LogP contribution in [0.2, 0.25) is 0 Å². The third kappa shape index (κ3) is 4.40. The highest BCUT2D eigenvalue weighted by atomic mass is 19.1. The number of nitrogens with zero attached hydrogens (tertiary/aromatic N) is 1. The van der Waals surface area contributed by atoms with E-state index in [0.717, 1.165) is 19.6 Å². The van der Waals surface area contributed by atoms with Crippen LogP contribution in [-0.4, -0.2) is 23.9 Å². The number of anilines is 1. The fourth-order valence-electron chi connectivity index (χ4n) is 2.20. The van der Waals surface area contributed by atoms with E-state index in [1.165, 1.54) is 17.7 Å². The highest BCUT2D eigenvalue weighted by molar-refractivity contribution is 6.04. The molecule has 0 heterocycles. The standard InChI is InChI=1S/C18H21FN2O/c1-3-21(4-2)13-14-5-7-15(8-6-14)18(22)20-17-11-9-16(19)10-12-17/h5-12H,3-4,13H2,1-2H3,(H,20,22). The van der Waals surface area contributed by atoms with Crippen LogP contribution in [0.15, 0.2) is 48.5 Å². The Hall–Kier alpha value is -2.20. The van der Waals surface area contributed by atoms with Gasteiger partial charge < -0.3 is 5.32 Å². The van der Waals surface area contributed by atoms with Gasteiger partial charge in [-0.3, -0.25) is 9.69 Å². The van der Waals surface area contributed by atoms with Crippen molar-refractivity contribution in [3.63, 3.8) is 0 Å². The van der Waals surface area contributed by atoms with E-state index in [-0.39, 0.29) is 11.7 Å². The minimum Gasteiger partial charge on any atom is -0.322 e. The summed E-state index contributed by atoms with van der Waals surface area (Å²) in [6, 6.07) is 13.3. The maximum atomic E-state index is 12.8. The summed E-state index contributed by atoms with van der Waals surface area (Å²) in [7, 11) is 0. The summed E-state index contributed by atoms with van der Waals surface area (Å²) in [5.41, 5.74) is 2.35. The van der Waals surface area contributed by atoms with Crippen LogP contribution < -0.4 is 5.32 Å². The zero-order valence-corrected chi connectivity index (χ0v) is 13.0. The van der Waals surface area contributed by atoms with Gasteiger partial charge in [-0.15, -0.1) is 0 Å². The lowest BCUT2D eigenvalue weighted by Crippen LogP contribution is -2.22. The molecule has 116 valence electrons. The highest BCUT2D eigenvalue weighted by Gasteiger charge is 2.07. The van der Waals surface area contributed by atoms with Crippen molar-refractivity contribution in [3.05, 3.63) is 65.5 Å². The average Bonchev–Trinajstić information content (AvgIpc) is 2.55. The molecule has 0 atom stereocenters. The van der Waals surface area contributed by atoms with Crippen molar-refractivity contribution in [1.29, 1.82) is 0 Å². The molecule has 1 amide bonds. The van der Waals surface area contributed by atoms with E-state index < -0.39 is 0 Å². The predicted molar refractivity (Wildman–Crippen MR) is 87.4 cm³/mol. The van der Waals surface area contributed by atoms with Gasteiger partial charge in [-0.05, 0) is 55.1 Å². The molecule has 2 aromatic carbocycles. The lowest BCUT2D eigenvalue weighted by atomic mass is 10.1. The van der Waals surface area contributed by atoms with Crippen LogP contribution in [-0.2, 0) is 6.54 Å². The number of hydrogen-bond acceptors (Lipinski definition) is 2. The molecule has 0 aliphatic rings. The molecule has 0 fully saturated rings. The minimum atomic E-state index is -0.321. The average molecular weight is 300 g/mol. The van der Waals surface area contributed by atoms with Gasteiger partial charge in [0, 0.05) is 17.8 Å². The van der Waals surface area contributed by atoms with Crippen molar-refractivity contribution in [1.82, 2.24) is 4.90 Å². The fraction of sp³-hybridized carbons (Fsp3) is 0.278. The van der Waals surface area contributed by atoms with Crippen molar-refractivity contribution >= 4 is 11.6 Å². The summed E-state index contributed by atoms with van der Waals surface area (Å²) in [5, 5.41) is 2.75. The van der Waals surface area contributed by atoms with Crippen molar-refractivity contribution in [2.45, 2.75) is 20.4 Å². The lowest BCUT2D eigenvalue weighted by molar-refractivity contribution is 0.102. The first-order valence-corrected chi connectivity index (χ1v) is 7.50. The molecule has 22 heavy (non-hydrogen) atoms. The Labute approximate surface area is 130 Å². The Morgan fingerprint density at radius 3 is 2.14 bits per heavy atom. The summed E-state index contributed by atoms with van der Waals surface area (Å²) in [4.78, 5) is 14.4. The van der Waals surface area contributed by atoms with Crippen LogP contribution in [0.4, 0.5) is 10.1 Å². The van der Waals surface area contributed by atoms with Gasteiger partial charge in [0.2, 0.25) is 0 Å². The summed E-state index contributed by atoms with van der Waals surface area (Å²) in [6.07, 6.45) is 0. The Balaban J connectivity index is 2.00. The SMILES string of the molecule is CCN(CC)Cc1ccc(C(=O)Nc2ccc(F)cc2)cc1. The number of carbonyl (C=O) groups is 1. The van der Waals surface area contributed by atoms with E-state index in [2.05, 4.69) is 24.1 Å². The fourth-order valence-corrected chi connectivity index (χ4v) is 2.20. The first kappa shape index (κ1) is 16.2. The molecule has 4 heteroatoms. The molecule has 3 nitrogen and oxygen atoms in total. The van der Waals surface area contributed by atoms with Crippen LogP contribution in [0.5, 0.6) is 0 Å². The molecule has 0 bridgehead atoms. The quantitative estimate of drug-likeness (QED) is 0.877. The maximum Gasteiger partial charge on any atom is 0.255 e. The first-order valence-electron chi connectivity index (χ1n) is 7.50. The van der Waals surface area contributed by atoms with Gasteiger partial charge in [-0.2, -0.15) is 0 Å². The molecule has 0 unspecified atom stereocenters. The van der Waals surface area contributed by atoms with Gasteiger partial charge >= 0.3 is 0 Å². The number of amides is 1. The van der Waals surface area contributed by atoms with E-state index in [9.17, 15) is 9.18 Å². The van der Waals surface area contributed by atoms with E-state index in [4.69, 9.17) is 0 Å². The summed E-state index contributed by atoms with van der Waals surface area (Å²) in [5.74, 6) is -0.514. The second-order valence-corrected chi connectivity index (χ2v) is 5.12. The smallest absolute Gasteiger partial charge is 0.255 e. The Bertz CT molecular complexity index is 604. The highest BCUT2D eigenvalue weighted by Crippen LogP contribution is 2.12. The molecule has 0 aliphatic carbocycles. The van der Waals surface area contributed by atoms with Crippen LogP contribution in [0, 0.1) is 5.82 Å². The molecular weight excluding hydrogens is 279 g/mol. The number of halogens is 1. The number of hydrogen-bond donors (Lipinski definition) is 1. The Morgan fingerprint density at radius 2 is 1.59 bits per heavy atom. The summed E-state index contributed by atoms with van der Waals surface area (Å²) < 4.78 is 12.8. The van der Waals surface area contributed by atoms with Gasteiger partial charge in [0.15, 0.2) is 0 Å². The molecule has 0 saturated carbocycles. The van der Waals surface area contributed by atoms with Gasteiger partial charge in [0.25, 0.3) is 5.91 Å². The van der Waals surface area contributed by atoms with Crippen LogP contribution in [0.25, 0.3) is 0 Å². The molecule has 2 aromatic rings. The zero-order chi connectivity index (χ0) is 15.9. The molecular formula is C18H21FN2O. The van der Waals surface area contributed by atoms with E-state index in [1.54, 1.807) is 12.1 Å². The van der Waals surface area contributed by atoms with Crippen molar-refractivity contribution in [3.8, 4) is 0 Å². The van der Waals surface area contributed by atoms with E-state index >= 15 is 0 Å². The van der Waals surface area contributed by atoms with Crippen molar-refractivity contribution in [2.24, 2.45) is 0 Å². The molecule has 0 aliphatic heterocycles. The van der Waals surface area contributed by atoms with Crippen LogP contribution in [0.1, 0.15) is 29.8 Å². The molecule has 2 rings (SSSR count). The monoisotopic (exact) mass is 300 g/mol. The molecule has 0 spiro atoms. The van der Waals surface area contributed by atoms with Gasteiger partial charge in [0.1, 0.15) is 5.82 Å². The molecule has 0 saturated heterocycles. The normalized spacial score (nSPS) is 10.7. The molecule has 0 radical (unpaired) electrons. The van der Waals surface area contributed by atoms with Crippen molar-refractivity contribution in [2.75, 3.05) is 18.4 Å². The number of rotatable bonds is 6. The summed E-state index contributed by atoms with van der Waals surface area (Å²) >= 11 is 0. The van der Waals surface area contributed by atoms with Gasteiger partial charge in [0.05, 0.1) is 0 Å². The Morgan fingerprint density at radius 1 is 1.00 bits per heavy atom. The van der Waals surface area contributed by atoms with Crippen LogP contribution >= 0.6 is 0 Å². The van der Waals surface area contributed by atoms with Gasteiger partial charge in [-0.1, -0.05) is 26.0 Å². The first-order chi connectivity index (χ1) is 10.6. The molecule has 0 aromatic heterocycles. The topological polar surface area (TPSA) is 32.3 Å². The van der Waals surface area contributed by atoms with E-state index in [0.29, 0.717) is 11.3 Å². The van der Waals surface area contributed by atoms with Crippen molar-refractivity contribution < 1.29 is 9.18 Å². The Kier molecular flexibility index (Phi) is 5.67. The second kappa shape index (κ2) is 7.71. The number of benzene rings is 2. The summed E-state index contributed by atoms with van der Waals surface area (Å²) in [6.45, 7) is 7.15. The van der Waals surface area contributed by atoms with Crippen LogP contribution in [0.3, 0.4) is 0 Å². The molecule has 1 N–H and O–H groups in total. The van der Waals surface area contributed by atoms with E-state index in [1.807, 2.05) is 24.3 Å². The zero-order valence-electron chi connectivity index (χ0n) is 13.0. The largest absolute Gasteiger partial charge is 0.322 e. The third-order valence-corrected chi connectivity index (χ3v) is 3.62. The predicted octanol–water partition coefficient (Wildman–Crippen LogP) is 3.92.